The molecule has 1 aliphatic carbocycles. The summed E-state index contributed by atoms with van der Waals surface area (Å²) in [5.41, 5.74) is 1.19. The Morgan fingerprint density at radius 2 is 2.00 bits per heavy atom. The molecular formula is C19H30N2O2. The molecule has 0 aliphatic heterocycles. The van der Waals surface area contributed by atoms with Crippen LogP contribution in [0.3, 0.4) is 0 Å². The van der Waals surface area contributed by atoms with Gasteiger partial charge in [0.25, 0.3) is 0 Å². The van der Waals surface area contributed by atoms with Crippen LogP contribution < -0.4 is 10.1 Å². The van der Waals surface area contributed by atoms with Gasteiger partial charge in [-0.2, -0.15) is 0 Å². The minimum Gasteiger partial charge on any atom is -0.497 e. The maximum absolute atomic E-state index is 12.3. The van der Waals surface area contributed by atoms with Gasteiger partial charge in [0, 0.05) is 12.5 Å². The predicted molar refractivity (Wildman–Crippen MR) is 93.6 cm³/mol. The van der Waals surface area contributed by atoms with Crippen LogP contribution >= 0.6 is 0 Å². The van der Waals surface area contributed by atoms with E-state index in [2.05, 4.69) is 36.2 Å². The molecule has 1 amide bonds. The van der Waals surface area contributed by atoms with Crippen LogP contribution in [0, 0.1) is 5.92 Å². The van der Waals surface area contributed by atoms with Gasteiger partial charge in [0.15, 0.2) is 0 Å². The lowest BCUT2D eigenvalue weighted by Crippen LogP contribution is -2.39. The zero-order chi connectivity index (χ0) is 16.7. The molecule has 1 saturated carbocycles. The summed E-state index contributed by atoms with van der Waals surface area (Å²) in [5, 5.41) is 3.19. The fourth-order valence-corrected chi connectivity index (χ4v) is 3.50. The van der Waals surface area contributed by atoms with Crippen LogP contribution in [0.4, 0.5) is 0 Å². The van der Waals surface area contributed by atoms with Crippen LogP contribution in [0.2, 0.25) is 0 Å². The summed E-state index contributed by atoms with van der Waals surface area (Å²) in [6, 6.07) is 8.35. The van der Waals surface area contributed by atoms with Crippen molar-refractivity contribution in [2.45, 2.75) is 45.6 Å². The molecule has 1 aromatic carbocycles. The normalized spacial score (nSPS) is 16.5. The zero-order valence-electron chi connectivity index (χ0n) is 14.7. The Bertz CT molecular complexity index is 494. The van der Waals surface area contributed by atoms with E-state index in [-0.39, 0.29) is 17.9 Å². The standard InChI is InChI=1S/C19H30N2O2/c1-4-21(5-2)18(16-11-8-12-17(13-16)23-3)14-20-19(22)15-9-6-7-10-15/h8,11-13,15,18H,4-7,9-10,14H2,1-3H3,(H,20,22)/t18-/m0/s1. The summed E-state index contributed by atoms with van der Waals surface area (Å²) >= 11 is 0. The second-order valence-corrected chi connectivity index (χ2v) is 6.24. The number of nitrogens with one attached hydrogen (secondary N) is 1. The van der Waals surface area contributed by atoms with Crippen LogP contribution in [-0.2, 0) is 4.79 Å². The van der Waals surface area contributed by atoms with Gasteiger partial charge >= 0.3 is 0 Å². The van der Waals surface area contributed by atoms with Gasteiger partial charge in [-0.3, -0.25) is 9.69 Å². The molecule has 0 radical (unpaired) electrons. The predicted octanol–water partition coefficient (Wildman–Crippen LogP) is 3.38. The van der Waals surface area contributed by atoms with Crippen LogP contribution in [0.15, 0.2) is 24.3 Å². The summed E-state index contributed by atoms with van der Waals surface area (Å²) in [6.07, 6.45) is 4.46. The first kappa shape index (κ1) is 17.8. The van der Waals surface area contributed by atoms with Gasteiger partial charge in [-0.15, -0.1) is 0 Å². The Morgan fingerprint density at radius 1 is 1.30 bits per heavy atom. The maximum atomic E-state index is 12.3. The van der Waals surface area contributed by atoms with Crippen molar-refractivity contribution in [3.05, 3.63) is 29.8 Å². The highest BCUT2D eigenvalue weighted by atomic mass is 16.5. The summed E-state index contributed by atoms with van der Waals surface area (Å²) in [6.45, 7) is 6.89. The molecule has 1 aromatic rings. The van der Waals surface area contributed by atoms with Crippen molar-refractivity contribution < 1.29 is 9.53 Å². The molecule has 1 atom stereocenters. The van der Waals surface area contributed by atoms with Crippen molar-refractivity contribution >= 4 is 5.91 Å². The molecular weight excluding hydrogens is 288 g/mol. The Hall–Kier alpha value is -1.55. The fraction of sp³-hybridized carbons (Fsp3) is 0.632. The molecule has 23 heavy (non-hydrogen) atoms. The topological polar surface area (TPSA) is 41.6 Å². The van der Waals surface area contributed by atoms with Gasteiger partial charge in [0.1, 0.15) is 5.75 Å². The molecule has 4 heteroatoms. The Labute approximate surface area is 140 Å². The maximum Gasteiger partial charge on any atom is 0.223 e. The van der Waals surface area contributed by atoms with Gasteiger partial charge in [-0.1, -0.05) is 38.8 Å². The van der Waals surface area contributed by atoms with Gasteiger partial charge in [0.2, 0.25) is 5.91 Å². The number of ether oxygens (including phenoxy) is 1. The first-order valence-corrected chi connectivity index (χ1v) is 8.85. The number of amides is 1. The molecule has 1 N–H and O–H groups in total. The lowest BCUT2D eigenvalue weighted by atomic mass is 10.0. The lowest BCUT2D eigenvalue weighted by molar-refractivity contribution is -0.125. The summed E-state index contributed by atoms with van der Waals surface area (Å²) in [4.78, 5) is 14.7. The summed E-state index contributed by atoms with van der Waals surface area (Å²) < 4.78 is 5.35. The van der Waals surface area contributed by atoms with Crippen molar-refractivity contribution in [3.63, 3.8) is 0 Å². The van der Waals surface area contributed by atoms with Gasteiger partial charge in [-0.25, -0.2) is 0 Å². The van der Waals surface area contributed by atoms with Crippen molar-refractivity contribution in [1.82, 2.24) is 10.2 Å². The third-order valence-corrected chi connectivity index (χ3v) is 4.93. The number of carbonyl (C=O) groups is 1. The summed E-state index contributed by atoms with van der Waals surface area (Å²) in [7, 11) is 1.69. The van der Waals surface area contributed by atoms with E-state index in [1.807, 2.05) is 12.1 Å². The summed E-state index contributed by atoms with van der Waals surface area (Å²) in [5.74, 6) is 1.31. The fourth-order valence-electron chi connectivity index (χ4n) is 3.50. The SMILES string of the molecule is CCN(CC)[C@@H](CNC(=O)C1CCCC1)c1cccc(OC)c1. The number of hydrogen-bond donors (Lipinski definition) is 1. The number of carbonyl (C=O) groups excluding carboxylic acids is 1. The molecule has 0 bridgehead atoms. The number of likely N-dealkylation sites (N-methyl/N-ethyl adjacent to an activating group) is 1. The van der Waals surface area contributed by atoms with Crippen molar-refractivity contribution in [1.29, 1.82) is 0 Å². The molecule has 0 spiro atoms. The van der Waals surface area contributed by atoms with Crippen molar-refractivity contribution in [2.24, 2.45) is 5.92 Å². The molecule has 0 heterocycles. The van der Waals surface area contributed by atoms with Gasteiger partial charge in [0.05, 0.1) is 13.2 Å². The number of methoxy groups -OCH3 is 1. The number of nitrogens with zero attached hydrogens (tertiary/aromatic N) is 1. The van der Waals surface area contributed by atoms with Crippen molar-refractivity contribution in [2.75, 3.05) is 26.7 Å². The van der Waals surface area contributed by atoms with Gasteiger partial charge < -0.3 is 10.1 Å². The Balaban J connectivity index is 2.08. The van der Waals surface area contributed by atoms with E-state index in [0.29, 0.717) is 6.54 Å². The van der Waals surface area contributed by atoms with E-state index in [9.17, 15) is 4.79 Å². The molecule has 128 valence electrons. The van der Waals surface area contributed by atoms with Crippen LogP contribution in [0.1, 0.15) is 51.1 Å². The molecule has 1 aliphatic rings. The van der Waals surface area contributed by atoms with Crippen LogP contribution in [0.5, 0.6) is 5.75 Å². The van der Waals surface area contributed by atoms with Crippen molar-refractivity contribution in [3.8, 4) is 5.75 Å². The van der Waals surface area contributed by atoms with E-state index in [0.717, 1.165) is 31.7 Å². The minimum absolute atomic E-state index is 0.186. The van der Waals surface area contributed by atoms with E-state index in [1.165, 1.54) is 18.4 Å². The highest BCUT2D eigenvalue weighted by Crippen LogP contribution is 2.26. The first-order valence-electron chi connectivity index (χ1n) is 8.85. The van der Waals surface area contributed by atoms with E-state index in [4.69, 9.17) is 4.74 Å². The molecule has 0 aromatic heterocycles. The first-order chi connectivity index (χ1) is 11.2. The smallest absolute Gasteiger partial charge is 0.223 e. The monoisotopic (exact) mass is 318 g/mol. The molecule has 4 nitrogen and oxygen atoms in total. The highest BCUT2D eigenvalue weighted by molar-refractivity contribution is 5.78. The molecule has 2 rings (SSSR count). The van der Waals surface area contributed by atoms with Crippen LogP contribution in [0.25, 0.3) is 0 Å². The molecule has 0 saturated heterocycles. The third-order valence-electron chi connectivity index (χ3n) is 4.93. The van der Waals surface area contributed by atoms with E-state index < -0.39 is 0 Å². The Kier molecular flexibility index (Phi) is 6.90. The second-order valence-electron chi connectivity index (χ2n) is 6.24. The van der Waals surface area contributed by atoms with Crippen LogP contribution in [-0.4, -0.2) is 37.6 Å². The molecule has 0 unspecified atom stereocenters. The second kappa shape index (κ2) is 8.92. The number of benzene rings is 1. The largest absolute Gasteiger partial charge is 0.497 e. The highest BCUT2D eigenvalue weighted by Gasteiger charge is 2.25. The third kappa shape index (κ3) is 4.71. The molecule has 1 fully saturated rings. The minimum atomic E-state index is 0.186. The average Bonchev–Trinajstić information content (AvgIpc) is 3.13. The van der Waals surface area contributed by atoms with Gasteiger partial charge in [-0.05, 0) is 43.6 Å². The zero-order valence-corrected chi connectivity index (χ0v) is 14.7. The number of hydrogen-bond acceptors (Lipinski definition) is 3. The quantitative estimate of drug-likeness (QED) is 0.799. The number of rotatable bonds is 8. The van der Waals surface area contributed by atoms with E-state index in [1.54, 1.807) is 7.11 Å². The lowest BCUT2D eigenvalue weighted by Gasteiger charge is -2.31. The average molecular weight is 318 g/mol. The van der Waals surface area contributed by atoms with E-state index >= 15 is 0 Å². The Morgan fingerprint density at radius 3 is 2.61 bits per heavy atom.